The number of hydrogen-bond acceptors (Lipinski definition) is 4. The van der Waals surface area contributed by atoms with Crippen molar-refractivity contribution >= 4 is 0 Å². The lowest BCUT2D eigenvalue weighted by Gasteiger charge is -2.03. The van der Waals surface area contributed by atoms with Gasteiger partial charge in [-0.15, -0.1) is 0 Å². The molecule has 17 heavy (non-hydrogen) atoms. The summed E-state index contributed by atoms with van der Waals surface area (Å²) in [5.41, 5.74) is 7.42. The highest BCUT2D eigenvalue weighted by Gasteiger charge is 2.11. The van der Waals surface area contributed by atoms with E-state index in [4.69, 9.17) is 14.9 Å². The third-order valence-electron chi connectivity index (χ3n) is 2.43. The van der Waals surface area contributed by atoms with Crippen LogP contribution in [0.2, 0.25) is 0 Å². The molecule has 0 amide bonds. The van der Waals surface area contributed by atoms with Crippen molar-refractivity contribution < 1.29 is 9.15 Å². The predicted molar refractivity (Wildman–Crippen MR) is 65.7 cm³/mol. The lowest BCUT2D eigenvalue weighted by atomic mass is 10.1. The summed E-state index contributed by atoms with van der Waals surface area (Å²) in [7, 11) is 0. The van der Waals surface area contributed by atoms with E-state index in [0.29, 0.717) is 24.8 Å². The van der Waals surface area contributed by atoms with Gasteiger partial charge in [0.1, 0.15) is 17.2 Å². The average molecular weight is 232 g/mol. The Hall–Kier alpha value is -1.81. The van der Waals surface area contributed by atoms with Crippen molar-refractivity contribution in [2.75, 3.05) is 6.61 Å². The molecule has 0 saturated heterocycles. The standard InChI is InChI=1S/C13H16N2O2/c1-3-16-11-6-4-10(5-7-11)13-12(8-14)17-9(2)15-13/h4-7H,3,8,14H2,1-2H3. The van der Waals surface area contributed by atoms with Crippen molar-refractivity contribution in [3.05, 3.63) is 35.9 Å². The van der Waals surface area contributed by atoms with E-state index in [1.54, 1.807) is 0 Å². The lowest BCUT2D eigenvalue weighted by molar-refractivity contribution is 0.340. The number of aromatic nitrogens is 1. The molecule has 1 aromatic heterocycles. The fraction of sp³-hybridized carbons (Fsp3) is 0.308. The van der Waals surface area contributed by atoms with Crippen molar-refractivity contribution in [2.45, 2.75) is 20.4 Å². The van der Waals surface area contributed by atoms with Crippen molar-refractivity contribution in [3.63, 3.8) is 0 Å². The van der Waals surface area contributed by atoms with Crippen LogP contribution in [0.5, 0.6) is 5.75 Å². The minimum Gasteiger partial charge on any atom is -0.494 e. The zero-order valence-electron chi connectivity index (χ0n) is 10.1. The zero-order chi connectivity index (χ0) is 12.3. The molecular weight excluding hydrogens is 216 g/mol. The molecule has 1 aromatic carbocycles. The Bertz CT molecular complexity index is 489. The second-order valence-electron chi connectivity index (χ2n) is 3.67. The summed E-state index contributed by atoms with van der Waals surface area (Å²) in [6, 6.07) is 7.76. The van der Waals surface area contributed by atoms with Gasteiger partial charge in [-0.05, 0) is 31.2 Å². The van der Waals surface area contributed by atoms with Gasteiger partial charge < -0.3 is 14.9 Å². The average Bonchev–Trinajstić information content (AvgIpc) is 2.72. The van der Waals surface area contributed by atoms with Crippen molar-refractivity contribution in [1.29, 1.82) is 0 Å². The number of hydrogen-bond donors (Lipinski definition) is 1. The third-order valence-corrected chi connectivity index (χ3v) is 2.43. The first-order valence-electron chi connectivity index (χ1n) is 5.64. The fourth-order valence-electron chi connectivity index (χ4n) is 1.71. The molecule has 1 heterocycles. The van der Waals surface area contributed by atoms with Gasteiger partial charge in [-0.2, -0.15) is 0 Å². The Labute approximate surface area is 100 Å². The number of nitrogens with zero attached hydrogens (tertiary/aromatic N) is 1. The number of benzene rings is 1. The third kappa shape index (κ3) is 2.47. The molecule has 2 rings (SSSR count). The number of rotatable bonds is 4. The van der Waals surface area contributed by atoms with Crippen LogP contribution in [0.15, 0.2) is 28.7 Å². The van der Waals surface area contributed by atoms with Gasteiger partial charge in [0.25, 0.3) is 0 Å². The molecule has 0 aliphatic heterocycles. The highest BCUT2D eigenvalue weighted by atomic mass is 16.5. The maximum atomic E-state index is 5.62. The quantitative estimate of drug-likeness (QED) is 0.879. The summed E-state index contributed by atoms with van der Waals surface area (Å²) in [6.45, 7) is 4.79. The molecule has 0 fully saturated rings. The minimum absolute atomic E-state index is 0.351. The van der Waals surface area contributed by atoms with Gasteiger partial charge in [0, 0.05) is 12.5 Å². The maximum Gasteiger partial charge on any atom is 0.191 e. The van der Waals surface area contributed by atoms with Crippen LogP contribution in [-0.4, -0.2) is 11.6 Å². The molecule has 0 aliphatic carbocycles. The van der Waals surface area contributed by atoms with E-state index in [0.717, 1.165) is 17.0 Å². The molecule has 90 valence electrons. The van der Waals surface area contributed by atoms with Gasteiger partial charge in [-0.3, -0.25) is 0 Å². The topological polar surface area (TPSA) is 61.3 Å². The molecule has 2 aromatic rings. The van der Waals surface area contributed by atoms with Gasteiger partial charge in [0.2, 0.25) is 0 Å². The first-order valence-corrected chi connectivity index (χ1v) is 5.64. The van der Waals surface area contributed by atoms with Gasteiger partial charge in [0.05, 0.1) is 13.2 Å². The normalized spacial score (nSPS) is 10.5. The van der Waals surface area contributed by atoms with Crippen LogP contribution in [0, 0.1) is 6.92 Å². The van der Waals surface area contributed by atoms with Gasteiger partial charge in [-0.1, -0.05) is 0 Å². The summed E-state index contributed by atoms with van der Waals surface area (Å²) in [6.07, 6.45) is 0. The summed E-state index contributed by atoms with van der Waals surface area (Å²) >= 11 is 0. The summed E-state index contributed by atoms with van der Waals surface area (Å²) in [5.74, 6) is 2.20. The van der Waals surface area contributed by atoms with Crippen LogP contribution in [0.1, 0.15) is 18.6 Å². The molecule has 0 atom stereocenters. The largest absolute Gasteiger partial charge is 0.494 e. The molecule has 0 spiro atoms. The number of aryl methyl sites for hydroxylation is 1. The Morgan fingerprint density at radius 1 is 1.29 bits per heavy atom. The zero-order valence-corrected chi connectivity index (χ0v) is 10.1. The Morgan fingerprint density at radius 3 is 2.59 bits per heavy atom. The van der Waals surface area contributed by atoms with E-state index in [9.17, 15) is 0 Å². The van der Waals surface area contributed by atoms with E-state index in [2.05, 4.69) is 4.98 Å². The Morgan fingerprint density at radius 2 is 2.00 bits per heavy atom. The molecular formula is C13H16N2O2. The fourth-order valence-corrected chi connectivity index (χ4v) is 1.71. The first-order chi connectivity index (χ1) is 8.24. The first kappa shape index (κ1) is 11.7. The number of oxazole rings is 1. The van der Waals surface area contributed by atoms with Crippen molar-refractivity contribution in [2.24, 2.45) is 5.73 Å². The molecule has 4 nitrogen and oxygen atoms in total. The second-order valence-corrected chi connectivity index (χ2v) is 3.67. The molecule has 0 radical (unpaired) electrons. The van der Waals surface area contributed by atoms with E-state index in [-0.39, 0.29) is 0 Å². The molecule has 0 aliphatic rings. The summed E-state index contributed by atoms with van der Waals surface area (Å²) in [4.78, 5) is 4.34. The molecule has 0 bridgehead atoms. The van der Waals surface area contributed by atoms with Crippen LogP contribution in [0.4, 0.5) is 0 Å². The molecule has 4 heteroatoms. The lowest BCUT2D eigenvalue weighted by Crippen LogP contribution is -1.96. The minimum atomic E-state index is 0.351. The monoisotopic (exact) mass is 232 g/mol. The van der Waals surface area contributed by atoms with Crippen molar-refractivity contribution in [3.8, 4) is 17.0 Å². The van der Waals surface area contributed by atoms with E-state index in [1.807, 2.05) is 38.1 Å². The van der Waals surface area contributed by atoms with Gasteiger partial charge in [0.15, 0.2) is 5.89 Å². The predicted octanol–water partition coefficient (Wildman–Crippen LogP) is 2.51. The Kier molecular flexibility index (Phi) is 3.44. The van der Waals surface area contributed by atoms with Gasteiger partial charge >= 0.3 is 0 Å². The molecule has 0 unspecified atom stereocenters. The SMILES string of the molecule is CCOc1ccc(-c2nc(C)oc2CN)cc1. The summed E-state index contributed by atoms with van der Waals surface area (Å²) < 4.78 is 10.8. The number of nitrogens with two attached hydrogens (primary N) is 1. The van der Waals surface area contributed by atoms with E-state index in [1.165, 1.54) is 0 Å². The maximum absolute atomic E-state index is 5.62. The van der Waals surface area contributed by atoms with Gasteiger partial charge in [-0.25, -0.2) is 4.98 Å². The van der Waals surface area contributed by atoms with Crippen molar-refractivity contribution in [1.82, 2.24) is 4.98 Å². The Balaban J connectivity index is 2.32. The van der Waals surface area contributed by atoms with Crippen LogP contribution in [0.25, 0.3) is 11.3 Å². The van der Waals surface area contributed by atoms with Crippen LogP contribution >= 0.6 is 0 Å². The van der Waals surface area contributed by atoms with Crippen LogP contribution < -0.4 is 10.5 Å². The second kappa shape index (κ2) is 5.01. The highest BCUT2D eigenvalue weighted by Crippen LogP contribution is 2.25. The van der Waals surface area contributed by atoms with Crippen LogP contribution in [0.3, 0.4) is 0 Å². The van der Waals surface area contributed by atoms with E-state index < -0.39 is 0 Å². The smallest absolute Gasteiger partial charge is 0.191 e. The highest BCUT2D eigenvalue weighted by molar-refractivity contribution is 5.62. The van der Waals surface area contributed by atoms with Crippen LogP contribution in [-0.2, 0) is 6.54 Å². The molecule has 2 N–H and O–H groups in total. The number of ether oxygens (including phenoxy) is 1. The van der Waals surface area contributed by atoms with E-state index >= 15 is 0 Å². The summed E-state index contributed by atoms with van der Waals surface area (Å²) in [5, 5.41) is 0. The molecule has 0 saturated carbocycles.